The molecule has 5 N–H and O–H groups in total. The molecular formula is C57H62FN7O13. The number of cyclic esters (lactones) is 1. The first-order valence-electron chi connectivity index (χ1n) is 26.6. The summed E-state index contributed by atoms with van der Waals surface area (Å²) in [5.41, 5.74) is 1.42. The van der Waals surface area contributed by atoms with E-state index in [9.17, 15) is 53.1 Å². The number of fused-ring (bicyclic) bond motifs is 5. The Labute approximate surface area is 447 Å². The third-order valence-corrected chi connectivity index (χ3v) is 15.7. The predicted octanol–water partition coefficient (Wildman–Crippen LogP) is 3.53. The van der Waals surface area contributed by atoms with E-state index in [4.69, 9.17) is 14.5 Å². The Morgan fingerprint density at radius 3 is 2.35 bits per heavy atom. The van der Waals surface area contributed by atoms with Gasteiger partial charge in [0.2, 0.25) is 23.6 Å². The molecular weight excluding hydrogens is 1010 g/mol. The van der Waals surface area contributed by atoms with Crippen molar-refractivity contribution in [2.45, 2.75) is 135 Å². The van der Waals surface area contributed by atoms with Crippen LogP contribution in [0, 0.1) is 18.2 Å². The molecule has 0 bridgehead atoms. The van der Waals surface area contributed by atoms with E-state index in [1.807, 2.05) is 6.07 Å². The molecule has 0 radical (unpaired) electrons. The summed E-state index contributed by atoms with van der Waals surface area (Å²) in [5, 5.41) is 23.3. The number of carbonyl (C=O) groups is 9. The fourth-order valence-electron chi connectivity index (χ4n) is 10.8. The van der Waals surface area contributed by atoms with Crippen LogP contribution in [0.5, 0.6) is 0 Å². The minimum Gasteiger partial charge on any atom is -0.458 e. The smallest absolute Gasteiger partial charge is 0.343 e. The van der Waals surface area contributed by atoms with Crippen LogP contribution in [0.3, 0.4) is 0 Å². The van der Waals surface area contributed by atoms with Crippen LogP contribution < -0.4 is 26.8 Å². The number of nitrogens with zero attached hydrogens (tertiary/aromatic N) is 3. The highest BCUT2D eigenvalue weighted by Crippen LogP contribution is 2.49. The van der Waals surface area contributed by atoms with Crippen molar-refractivity contribution >= 4 is 63.9 Å². The molecule has 2 aromatic heterocycles. The number of ketones is 2. The number of nitrogens with one attached hydrogen (secondary N) is 4. The number of imide groups is 1. The van der Waals surface area contributed by atoms with E-state index >= 15 is 4.39 Å². The van der Waals surface area contributed by atoms with Crippen molar-refractivity contribution in [2.75, 3.05) is 26.4 Å². The third kappa shape index (κ3) is 11.4. The van der Waals surface area contributed by atoms with Crippen LogP contribution in [-0.4, -0.2) is 105 Å². The topological polar surface area (TPSA) is 279 Å². The lowest BCUT2D eigenvalue weighted by molar-refractivity contribution is -0.172. The van der Waals surface area contributed by atoms with Gasteiger partial charge in [-0.25, -0.2) is 14.2 Å². The van der Waals surface area contributed by atoms with Crippen LogP contribution in [-0.2, 0) is 84.2 Å². The summed E-state index contributed by atoms with van der Waals surface area (Å²) >= 11 is 0. The lowest BCUT2D eigenvalue weighted by Gasteiger charge is -2.31. The van der Waals surface area contributed by atoms with E-state index in [0.29, 0.717) is 78.4 Å². The van der Waals surface area contributed by atoms with Gasteiger partial charge in [0, 0.05) is 73.4 Å². The number of esters is 1. The normalized spacial score (nSPS) is 18.6. The van der Waals surface area contributed by atoms with Gasteiger partial charge in [-0.1, -0.05) is 43.7 Å². The highest BCUT2D eigenvalue weighted by atomic mass is 19.1. The number of aliphatic hydroxyl groups is 1. The summed E-state index contributed by atoms with van der Waals surface area (Å²) in [6.45, 7) is 2.83. The number of aryl methyl sites for hydroxylation is 1. The van der Waals surface area contributed by atoms with Gasteiger partial charge in [-0.3, -0.25) is 48.1 Å². The lowest BCUT2D eigenvalue weighted by Crippen LogP contribution is -2.44. The Morgan fingerprint density at radius 1 is 0.885 bits per heavy atom. The third-order valence-electron chi connectivity index (χ3n) is 15.7. The molecule has 21 heteroatoms. The fourth-order valence-corrected chi connectivity index (χ4v) is 10.8. The van der Waals surface area contributed by atoms with Gasteiger partial charge in [0.15, 0.2) is 17.2 Å². The largest absolute Gasteiger partial charge is 0.458 e. The van der Waals surface area contributed by atoms with Crippen LogP contribution in [0.15, 0.2) is 59.4 Å². The van der Waals surface area contributed by atoms with Crippen molar-refractivity contribution in [2.24, 2.45) is 5.41 Å². The van der Waals surface area contributed by atoms with Crippen LogP contribution >= 0.6 is 0 Å². The highest BCUT2D eigenvalue weighted by molar-refractivity contribution is 6.12. The van der Waals surface area contributed by atoms with Gasteiger partial charge in [-0.05, 0) is 86.6 Å². The number of halogens is 1. The zero-order valence-electron chi connectivity index (χ0n) is 43.6. The van der Waals surface area contributed by atoms with E-state index in [1.54, 1.807) is 44.2 Å². The molecule has 3 atom stereocenters. The maximum Gasteiger partial charge on any atom is 0.343 e. The molecule has 9 rings (SSSR count). The number of amides is 6. The number of Topliss-reactive ketones (excluding diaryl/α,β-unsaturated/α-hetero) is 2. The first kappa shape index (κ1) is 55.0. The Bertz CT molecular complexity index is 3220. The summed E-state index contributed by atoms with van der Waals surface area (Å²) in [6.07, 6.45) is 5.37. The summed E-state index contributed by atoms with van der Waals surface area (Å²) in [4.78, 5) is 135. The van der Waals surface area contributed by atoms with Gasteiger partial charge in [0.25, 0.3) is 17.4 Å². The minimum absolute atomic E-state index is 0.0176. The van der Waals surface area contributed by atoms with E-state index in [0.717, 1.165) is 21.6 Å². The second-order valence-corrected chi connectivity index (χ2v) is 20.8. The molecule has 5 aliphatic rings. The van der Waals surface area contributed by atoms with Crippen LogP contribution in [0.1, 0.15) is 129 Å². The number of hydrogen-bond acceptors (Lipinski definition) is 14. The van der Waals surface area contributed by atoms with Gasteiger partial charge in [-0.15, -0.1) is 0 Å². The van der Waals surface area contributed by atoms with Crippen molar-refractivity contribution in [3.8, 4) is 11.4 Å². The quantitative estimate of drug-likeness (QED) is 0.0242. The Kier molecular flexibility index (Phi) is 16.3. The van der Waals surface area contributed by atoms with E-state index in [1.165, 1.54) is 22.8 Å². The molecule has 0 unspecified atom stereocenters. The van der Waals surface area contributed by atoms with Crippen molar-refractivity contribution in [3.63, 3.8) is 0 Å². The zero-order valence-corrected chi connectivity index (χ0v) is 43.6. The minimum atomic E-state index is -2.04. The molecule has 6 amide bonds. The average Bonchev–Trinajstić information content (AvgIpc) is 4.25. The standard InChI is InChI=1S/C57H62FN7O13/c1-3-57(76)38-25-43-52-36(28-65(43)53(73)37(38)29-78-55(57)75)51-40(15-14-35-32(2)39(58)26-42(62-52)50(35)51)63-54(74)56(21-22-56)30-77-31-60-46(69)18-16-44(67)41(24-33-10-6-4-7-11-33)61-47(70)17-13-34(66)27-59-45(68)12-8-5-9-23-64-48(71)19-20-49(64)72/h4,6-7,10-11,19-20,25-26,40-41,76H,3,5,8-9,12-18,21-24,27-31H2,1-2H3,(H,59,68)(H,60,69)(H,61,70)(H,63,74)/t40-,41-,57-/m0/s1. The summed E-state index contributed by atoms with van der Waals surface area (Å²) < 4.78 is 28.1. The van der Waals surface area contributed by atoms with Crippen molar-refractivity contribution in [3.05, 3.63) is 110 Å². The number of hydrogen-bond donors (Lipinski definition) is 5. The van der Waals surface area contributed by atoms with E-state index < -0.39 is 58.0 Å². The molecule has 1 saturated carbocycles. The SMILES string of the molecule is CC[C@@]1(O)C(=O)OCc2c1cc1n(c2=O)Cc2c-1nc1cc(F)c(C)c3c1c2[C@@H](NC(=O)C1(COCNC(=O)CCC(=O)[C@H](Cc2ccccc2)NC(=O)CCC(=O)CNC(=O)CCCCCN2C(=O)C=CC2=O)CC1)CC3. The maximum absolute atomic E-state index is 15.5. The molecule has 1 fully saturated rings. The maximum atomic E-state index is 15.5. The number of aromatic nitrogens is 2. The Balaban J connectivity index is 0.751. The van der Waals surface area contributed by atoms with E-state index in [-0.39, 0.29) is 125 Å². The van der Waals surface area contributed by atoms with Gasteiger partial charge < -0.3 is 40.4 Å². The molecule has 4 aromatic rings. The first-order chi connectivity index (χ1) is 37.4. The average molecular weight is 1070 g/mol. The molecule has 410 valence electrons. The van der Waals surface area contributed by atoms with E-state index in [2.05, 4.69) is 21.3 Å². The van der Waals surface area contributed by atoms with Gasteiger partial charge in [0.05, 0.1) is 59.7 Å². The number of benzene rings is 2. The van der Waals surface area contributed by atoms with Crippen LogP contribution in [0.2, 0.25) is 0 Å². The van der Waals surface area contributed by atoms with Crippen molar-refractivity contribution < 1.29 is 62.1 Å². The van der Waals surface area contributed by atoms with Crippen LogP contribution in [0.25, 0.3) is 22.3 Å². The summed E-state index contributed by atoms with van der Waals surface area (Å²) in [5.74, 6) is -4.46. The van der Waals surface area contributed by atoms with Gasteiger partial charge in [-0.2, -0.15) is 0 Å². The summed E-state index contributed by atoms with van der Waals surface area (Å²) in [7, 11) is 0. The Hall–Kier alpha value is -7.78. The molecule has 0 saturated heterocycles. The second kappa shape index (κ2) is 23.1. The molecule has 2 aliphatic carbocycles. The predicted molar refractivity (Wildman–Crippen MR) is 277 cm³/mol. The first-order valence-corrected chi connectivity index (χ1v) is 26.6. The number of rotatable bonds is 25. The molecule has 5 heterocycles. The van der Waals surface area contributed by atoms with Gasteiger partial charge >= 0.3 is 5.97 Å². The highest BCUT2D eigenvalue weighted by Gasteiger charge is 2.51. The molecule has 78 heavy (non-hydrogen) atoms. The monoisotopic (exact) mass is 1070 g/mol. The second-order valence-electron chi connectivity index (χ2n) is 20.8. The van der Waals surface area contributed by atoms with Crippen LogP contribution in [0.4, 0.5) is 4.39 Å². The number of carbonyl (C=O) groups excluding carboxylic acids is 9. The number of pyridine rings is 2. The van der Waals surface area contributed by atoms with Crippen molar-refractivity contribution in [1.82, 2.24) is 35.7 Å². The Morgan fingerprint density at radius 2 is 1.62 bits per heavy atom. The zero-order chi connectivity index (χ0) is 55.5. The van der Waals surface area contributed by atoms with Gasteiger partial charge in [0.1, 0.15) is 19.2 Å². The summed E-state index contributed by atoms with van der Waals surface area (Å²) in [6, 6.07) is 10.4. The molecule has 0 spiro atoms. The lowest BCUT2D eigenvalue weighted by atomic mass is 9.81. The molecule has 3 aliphatic heterocycles. The molecule has 20 nitrogen and oxygen atoms in total. The fraction of sp³-hybridized carbons (Fsp3) is 0.456. The van der Waals surface area contributed by atoms with Crippen molar-refractivity contribution in [1.29, 1.82) is 0 Å². The number of unbranched alkanes of at least 4 members (excludes halogenated alkanes) is 2. The number of ether oxygens (including phenoxy) is 2. The molecule has 2 aromatic carbocycles.